The molecule has 2 aromatic carbocycles. The quantitative estimate of drug-likeness (QED) is 0.648. The van der Waals surface area contributed by atoms with Crippen molar-refractivity contribution in [2.75, 3.05) is 26.2 Å². The van der Waals surface area contributed by atoms with Gasteiger partial charge in [0.1, 0.15) is 0 Å². The molecule has 1 spiro atoms. The van der Waals surface area contributed by atoms with E-state index in [1.54, 1.807) is 4.90 Å². The van der Waals surface area contributed by atoms with Gasteiger partial charge >= 0.3 is 0 Å². The number of fused-ring (bicyclic) bond motifs is 1. The summed E-state index contributed by atoms with van der Waals surface area (Å²) in [5.74, 6) is -0.0241. The summed E-state index contributed by atoms with van der Waals surface area (Å²) in [4.78, 5) is 33.7. The number of carbonyl (C=O) groups is 2. The van der Waals surface area contributed by atoms with Crippen LogP contribution >= 0.6 is 0 Å². The molecule has 1 fully saturated rings. The number of H-pyrrole nitrogens is 1. The number of hydrogen-bond donors (Lipinski definition) is 1. The highest BCUT2D eigenvalue weighted by Crippen LogP contribution is 2.29. The summed E-state index contributed by atoms with van der Waals surface area (Å²) in [6, 6.07) is 17.9. The molecule has 1 saturated heterocycles. The van der Waals surface area contributed by atoms with Crippen molar-refractivity contribution >= 4 is 22.7 Å². The second kappa shape index (κ2) is 8.63. The summed E-state index contributed by atoms with van der Waals surface area (Å²) < 4.78 is 6.11. The van der Waals surface area contributed by atoms with E-state index in [1.165, 1.54) is 0 Å². The zero-order chi connectivity index (χ0) is 22.0. The topological polar surface area (TPSA) is 65.6 Å². The lowest BCUT2D eigenvalue weighted by Crippen LogP contribution is -2.61. The van der Waals surface area contributed by atoms with Crippen LogP contribution in [0.15, 0.2) is 72.9 Å². The van der Waals surface area contributed by atoms with Gasteiger partial charge in [-0.15, -0.1) is 0 Å². The Hall–Kier alpha value is -3.38. The Balaban J connectivity index is 1.33. The van der Waals surface area contributed by atoms with E-state index in [0.717, 1.165) is 22.0 Å². The van der Waals surface area contributed by atoms with Gasteiger partial charge in [0.15, 0.2) is 5.60 Å². The van der Waals surface area contributed by atoms with E-state index >= 15 is 0 Å². The summed E-state index contributed by atoms with van der Waals surface area (Å²) >= 11 is 0. The van der Waals surface area contributed by atoms with Gasteiger partial charge in [0, 0.05) is 43.2 Å². The predicted octanol–water partition coefficient (Wildman–Crippen LogP) is 3.30. The molecule has 2 aliphatic rings. The second-order valence-corrected chi connectivity index (χ2v) is 8.54. The normalized spacial score (nSPS) is 21.3. The zero-order valence-electron chi connectivity index (χ0n) is 18.0. The van der Waals surface area contributed by atoms with E-state index in [1.807, 2.05) is 77.8 Å². The Morgan fingerprint density at radius 1 is 1.06 bits per heavy atom. The van der Waals surface area contributed by atoms with Crippen molar-refractivity contribution in [3.8, 4) is 0 Å². The number of para-hydroxylation sites is 1. The van der Waals surface area contributed by atoms with E-state index < -0.39 is 5.60 Å². The van der Waals surface area contributed by atoms with Crippen LogP contribution in [0.2, 0.25) is 0 Å². The maximum absolute atomic E-state index is 13.6. The van der Waals surface area contributed by atoms with E-state index in [9.17, 15) is 9.59 Å². The van der Waals surface area contributed by atoms with Crippen LogP contribution in [0.3, 0.4) is 0 Å². The standard InChI is InChI=1S/C26H27N3O3/c30-24(16-21-17-27-23-11-5-4-10-22(21)23)29-14-15-32-26(19-29)12-6-7-13-28(25(26)31)18-20-8-2-1-3-9-20/h1-11,17,27H,12-16,18-19H2. The lowest BCUT2D eigenvalue weighted by Gasteiger charge is -2.42. The Morgan fingerprint density at radius 2 is 1.88 bits per heavy atom. The van der Waals surface area contributed by atoms with Gasteiger partial charge < -0.3 is 19.5 Å². The lowest BCUT2D eigenvalue weighted by molar-refractivity contribution is -0.173. The number of hydrogen-bond acceptors (Lipinski definition) is 3. The first-order chi connectivity index (χ1) is 15.6. The maximum Gasteiger partial charge on any atom is 0.257 e. The number of nitrogens with one attached hydrogen (secondary N) is 1. The molecular formula is C26H27N3O3. The molecular weight excluding hydrogens is 402 g/mol. The van der Waals surface area contributed by atoms with Gasteiger partial charge in [0.2, 0.25) is 5.91 Å². The third-order valence-corrected chi connectivity index (χ3v) is 6.39. The number of amides is 2. The zero-order valence-corrected chi connectivity index (χ0v) is 18.0. The first kappa shape index (κ1) is 20.5. The minimum Gasteiger partial charge on any atom is -0.361 e. The molecule has 3 heterocycles. The van der Waals surface area contributed by atoms with Crippen molar-refractivity contribution in [3.63, 3.8) is 0 Å². The fourth-order valence-corrected chi connectivity index (χ4v) is 4.68. The van der Waals surface area contributed by atoms with Crippen molar-refractivity contribution in [3.05, 3.63) is 84.1 Å². The first-order valence-corrected chi connectivity index (χ1v) is 11.1. The summed E-state index contributed by atoms with van der Waals surface area (Å²) in [6.07, 6.45) is 6.72. The van der Waals surface area contributed by atoms with E-state index in [4.69, 9.17) is 4.74 Å². The molecule has 0 aliphatic carbocycles. The minimum atomic E-state index is -1.02. The van der Waals surface area contributed by atoms with Gasteiger partial charge in [-0.05, 0) is 17.2 Å². The SMILES string of the molecule is O=C(Cc1c[nH]c2ccccc12)N1CCOC2(CC=CCN(Cc3ccccc3)C2=O)C1. The van der Waals surface area contributed by atoms with E-state index in [-0.39, 0.29) is 18.4 Å². The second-order valence-electron chi connectivity index (χ2n) is 8.54. The summed E-state index contributed by atoms with van der Waals surface area (Å²) in [5, 5.41) is 1.06. The van der Waals surface area contributed by atoms with Crippen molar-refractivity contribution in [1.82, 2.24) is 14.8 Å². The Bertz CT molecular complexity index is 1150. The number of aromatic nitrogens is 1. The minimum absolute atomic E-state index is 0.0214. The van der Waals surface area contributed by atoms with E-state index in [0.29, 0.717) is 39.1 Å². The molecule has 1 atom stereocenters. The highest BCUT2D eigenvalue weighted by atomic mass is 16.5. The van der Waals surface area contributed by atoms with Gasteiger partial charge in [-0.3, -0.25) is 9.59 Å². The number of rotatable bonds is 4. The van der Waals surface area contributed by atoms with Gasteiger partial charge in [-0.1, -0.05) is 60.7 Å². The Kier molecular flexibility index (Phi) is 5.53. The van der Waals surface area contributed by atoms with Crippen LogP contribution in [0.1, 0.15) is 17.5 Å². The number of benzene rings is 2. The molecule has 2 amide bonds. The number of carbonyl (C=O) groups excluding carboxylic acids is 2. The molecule has 0 radical (unpaired) electrons. The highest BCUT2D eigenvalue weighted by molar-refractivity contribution is 5.90. The monoisotopic (exact) mass is 429 g/mol. The van der Waals surface area contributed by atoms with Crippen LogP contribution in [0.25, 0.3) is 10.9 Å². The Morgan fingerprint density at radius 3 is 2.75 bits per heavy atom. The summed E-state index contributed by atoms with van der Waals surface area (Å²) in [6.45, 7) is 2.21. The van der Waals surface area contributed by atoms with Crippen LogP contribution in [0.5, 0.6) is 0 Å². The molecule has 0 saturated carbocycles. The number of morpholine rings is 1. The molecule has 1 unspecified atom stereocenters. The van der Waals surface area contributed by atoms with Crippen molar-refractivity contribution in [1.29, 1.82) is 0 Å². The van der Waals surface area contributed by atoms with Crippen LogP contribution in [0, 0.1) is 0 Å². The third kappa shape index (κ3) is 3.94. The molecule has 3 aromatic rings. The van der Waals surface area contributed by atoms with Gasteiger partial charge in [0.25, 0.3) is 5.91 Å². The van der Waals surface area contributed by atoms with Gasteiger partial charge in [0.05, 0.1) is 19.6 Å². The van der Waals surface area contributed by atoms with Crippen LogP contribution in [0.4, 0.5) is 0 Å². The summed E-state index contributed by atoms with van der Waals surface area (Å²) in [5.41, 5.74) is 2.06. The van der Waals surface area contributed by atoms with Gasteiger partial charge in [-0.25, -0.2) is 0 Å². The maximum atomic E-state index is 13.6. The largest absolute Gasteiger partial charge is 0.361 e. The number of aromatic amines is 1. The third-order valence-electron chi connectivity index (χ3n) is 6.39. The molecule has 5 rings (SSSR count). The van der Waals surface area contributed by atoms with E-state index in [2.05, 4.69) is 4.98 Å². The van der Waals surface area contributed by atoms with Crippen LogP contribution in [-0.2, 0) is 27.3 Å². The summed E-state index contributed by atoms with van der Waals surface area (Å²) in [7, 11) is 0. The number of ether oxygens (including phenoxy) is 1. The number of nitrogens with zero attached hydrogens (tertiary/aromatic N) is 2. The van der Waals surface area contributed by atoms with Gasteiger partial charge in [-0.2, -0.15) is 0 Å². The van der Waals surface area contributed by atoms with Crippen LogP contribution < -0.4 is 0 Å². The molecule has 1 N–H and O–H groups in total. The molecule has 6 heteroatoms. The van der Waals surface area contributed by atoms with Crippen LogP contribution in [-0.4, -0.2) is 58.4 Å². The predicted molar refractivity (Wildman–Crippen MR) is 123 cm³/mol. The van der Waals surface area contributed by atoms with Crippen molar-refractivity contribution < 1.29 is 14.3 Å². The molecule has 6 nitrogen and oxygen atoms in total. The lowest BCUT2D eigenvalue weighted by atomic mass is 9.95. The first-order valence-electron chi connectivity index (χ1n) is 11.1. The Labute approximate surface area is 187 Å². The molecule has 1 aromatic heterocycles. The molecule has 0 bridgehead atoms. The average molecular weight is 430 g/mol. The fourth-order valence-electron chi connectivity index (χ4n) is 4.68. The highest BCUT2D eigenvalue weighted by Gasteiger charge is 2.46. The molecule has 164 valence electrons. The van der Waals surface area contributed by atoms with Crippen molar-refractivity contribution in [2.24, 2.45) is 0 Å². The van der Waals surface area contributed by atoms with Crippen molar-refractivity contribution in [2.45, 2.75) is 25.0 Å². The fraction of sp³-hybridized carbons (Fsp3) is 0.308. The molecule has 2 aliphatic heterocycles. The average Bonchev–Trinajstić information content (AvgIpc) is 3.18. The molecule has 32 heavy (non-hydrogen) atoms. The smallest absolute Gasteiger partial charge is 0.257 e.